The predicted molar refractivity (Wildman–Crippen MR) is 112 cm³/mol. The van der Waals surface area contributed by atoms with Crippen LogP contribution in [0.2, 0.25) is 0 Å². The number of nitrogens with one attached hydrogen (secondary N) is 1. The fraction of sp³-hybridized carbons (Fsp3) is 0.227. The SMILES string of the molecule is COc1ccc(NC(=O)N2CCC(n3c(-c4ccoc4)nc4cccnc43)C2)cc1. The van der Waals surface area contributed by atoms with Gasteiger partial charge in [0.1, 0.15) is 23.4 Å². The van der Waals surface area contributed by atoms with Crippen molar-refractivity contribution in [3.8, 4) is 17.1 Å². The highest BCUT2D eigenvalue weighted by Gasteiger charge is 2.31. The van der Waals surface area contributed by atoms with Crippen molar-refractivity contribution < 1.29 is 13.9 Å². The van der Waals surface area contributed by atoms with Crippen molar-refractivity contribution in [2.24, 2.45) is 0 Å². The van der Waals surface area contributed by atoms with Gasteiger partial charge in [-0.05, 0) is 48.9 Å². The van der Waals surface area contributed by atoms with Crippen LogP contribution in [0, 0.1) is 0 Å². The number of carbonyl (C=O) groups is 1. The second-order valence-corrected chi connectivity index (χ2v) is 7.21. The zero-order valence-electron chi connectivity index (χ0n) is 16.5. The Kier molecular flexibility index (Phi) is 4.59. The van der Waals surface area contributed by atoms with E-state index in [1.807, 2.05) is 47.4 Å². The number of pyridine rings is 1. The van der Waals surface area contributed by atoms with Crippen molar-refractivity contribution in [1.29, 1.82) is 0 Å². The molecule has 1 atom stereocenters. The second-order valence-electron chi connectivity index (χ2n) is 7.21. The third-order valence-corrected chi connectivity index (χ3v) is 5.39. The Morgan fingerprint density at radius 1 is 1.23 bits per heavy atom. The molecule has 0 spiro atoms. The number of nitrogens with zero attached hydrogens (tertiary/aromatic N) is 4. The minimum absolute atomic E-state index is 0.0800. The molecule has 1 N–H and O–H groups in total. The van der Waals surface area contributed by atoms with Crippen LogP contribution >= 0.6 is 0 Å². The topological polar surface area (TPSA) is 85.4 Å². The predicted octanol–water partition coefficient (Wildman–Crippen LogP) is 4.18. The van der Waals surface area contributed by atoms with Gasteiger partial charge in [0.15, 0.2) is 5.65 Å². The molecule has 8 nitrogen and oxygen atoms in total. The normalized spacial score (nSPS) is 16.2. The van der Waals surface area contributed by atoms with E-state index in [1.165, 1.54) is 0 Å². The molecule has 4 heterocycles. The number of likely N-dealkylation sites (tertiary alicyclic amines) is 1. The highest BCUT2D eigenvalue weighted by Crippen LogP contribution is 2.32. The van der Waals surface area contributed by atoms with Gasteiger partial charge in [-0.3, -0.25) is 0 Å². The minimum atomic E-state index is -0.120. The summed E-state index contributed by atoms with van der Waals surface area (Å²) in [6.45, 7) is 1.23. The molecular weight excluding hydrogens is 382 g/mol. The van der Waals surface area contributed by atoms with E-state index in [0.717, 1.165) is 40.4 Å². The third-order valence-electron chi connectivity index (χ3n) is 5.39. The zero-order chi connectivity index (χ0) is 20.5. The van der Waals surface area contributed by atoms with Crippen molar-refractivity contribution in [3.63, 3.8) is 0 Å². The van der Waals surface area contributed by atoms with Crippen LogP contribution in [0.1, 0.15) is 12.5 Å². The molecule has 4 aromatic rings. The number of anilines is 1. The van der Waals surface area contributed by atoms with Crippen molar-refractivity contribution >= 4 is 22.9 Å². The number of amides is 2. The Labute approximate surface area is 173 Å². The van der Waals surface area contributed by atoms with Crippen molar-refractivity contribution in [1.82, 2.24) is 19.4 Å². The third kappa shape index (κ3) is 3.26. The summed E-state index contributed by atoms with van der Waals surface area (Å²) in [5, 5.41) is 2.96. The molecular formula is C22H21N5O3. The maximum absolute atomic E-state index is 12.8. The van der Waals surface area contributed by atoms with E-state index < -0.39 is 0 Å². The summed E-state index contributed by atoms with van der Waals surface area (Å²) < 4.78 is 12.6. The molecule has 5 rings (SSSR count). The van der Waals surface area contributed by atoms with Crippen LogP contribution in [0.25, 0.3) is 22.6 Å². The Morgan fingerprint density at radius 2 is 2.10 bits per heavy atom. The zero-order valence-corrected chi connectivity index (χ0v) is 16.5. The number of aromatic nitrogens is 3. The summed E-state index contributed by atoms with van der Waals surface area (Å²) in [7, 11) is 1.62. The monoisotopic (exact) mass is 403 g/mol. The summed E-state index contributed by atoms with van der Waals surface area (Å²) in [5.41, 5.74) is 3.28. The van der Waals surface area contributed by atoms with E-state index in [1.54, 1.807) is 25.8 Å². The maximum atomic E-state index is 12.8. The van der Waals surface area contributed by atoms with Gasteiger partial charge in [0, 0.05) is 25.0 Å². The number of hydrogen-bond donors (Lipinski definition) is 1. The van der Waals surface area contributed by atoms with Gasteiger partial charge in [0.25, 0.3) is 0 Å². The van der Waals surface area contributed by atoms with Gasteiger partial charge in [-0.25, -0.2) is 14.8 Å². The molecule has 1 fully saturated rings. The van der Waals surface area contributed by atoms with Crippen molar-refractivity contribution in [3.05, 3.63) is 61.2 Å². The molecule has 0 aliphatic carbocycles. The molecule has 30 heavy (non-hydrogen) atoms. The Morgan fingerprint density at radius 3 is 2.87 bits per heavy atom. The lowest BCUT2D eigenvalue weighted by atomic mass is 10.2. The van der Waals surface area contributed by atoms with E-state index >= 15 is 0 Å². The van der Waals surface area contributed by atoms with E-state index in [-0.39, 0.29) is 12.1 Å². The van der Waals surface area contributed by atoms with Gasteiger partial charge >= 0.3 is 6.03 Å². The van der Waals surface area contributed by atoms with Crippen LogP contribution in [-0.4, -0.2) is 45.7 Å². The van der Waals surface area contributed by atoms with Crippen LogP contribution in [0.3, 0.4) is 0 Å². The average Bonchev–Trinajstić information content (AvgIpc) is 3.52. The van der Waals surface area contributed by atoms with Crippen LogP contribution in [0.4, 0.5) is 10.5 Å². The van der Waals surface area contributed by atoms with Crippen LogP contribution in [-0.2, 0) is 0 Å². The molecule has 1 saturated heterocycles. The number of carbonyl (C=O) groups excluding carboxylic acids is 1. The molecule has 1 aliphatic heterocycles. The first-order valence-corrected chi connectivity index (χ1v) is 9.78. The first kappa shape index (κ1) is 18.2. The summed E-state index contributed by atoms with van der Waals surface area (Å²) in [6.07, 6.45) is 5.90. The van der Waals surface area contributed by atoms with Gasteiger partial charge in [0.2, 0.25) is 0 Å². The molecule has 0 bridgehead atoms. The molecule has 3 aromatic heterocycles. The van der Waals surface area contributed by atoms with Gasteiger partial charge in [-0.15, -0.1) is 0 Å². The first-order valence-electron chi connectivity index (χ1n) is 9.78. The quantitative estimate of drug-likeness (QED) is 0.553. The van der Waals surface area contributed by atoms with E-state index in [4.69, 9.17) is 14.1 Å². The van der Waals surface area contributed by atoms with Gasteiger partial charge in [-0.2, -0.15) is 0 Å². The number of imidazole rings is 1. The van der Waals surface area contributed by atoms with Crippen LogP contribution in [0.5, 0.6) is 5.75 Å². The number of ether oxygens (including phenoxy) is 1. The average molecular weight is 403 g/mol. The number of hydrogen-bond acceptors (Lipinski definition) is 5. The number of methoxy groups -OCH3 is 1. The lowest BCUT2D eigenvalue weighted by Crippen LogP contribution is -2.33. The minimum Gasteiger partial charge on any atom is -0.497 e. The number of urea groups is 1. The van der Waals surface area contributed by atoms with E-state index in [0.29, 0.717) is 13.1 Å². The fourth-order valence-electron chi connectivity index (χ4n) is 3.88. The van der Waals surface area contributed by atoms with Gasteiger partial charge < -0.3 is 23.9 Å². The molecule has 8 heteroatoms. The number of fused-ring (bicyclic) bond motifs is 1. The second kappa shape index (κ2) is 7.55. The van der Waals surface area contributed by atoms with E-state index in [9.17, 15) is 4.79 Å². The molecule has 0 saturated carbocycles. The lowest BCUT2D eigenvalue weighted by Gasteiger charge is -2.19. The number of furan rings is 1. The lowest BCUT2D eigenvalue weighted by molar-refractivity contribution is 0.221. The highest BCUT2D eigenvalue weighted by molar-refractivity contribution is 5.89. The Bertz CT molecular complexity index is 1170. The molecule has 1 unspecified atom stereocenters. The largest absolute Gasteiger partial charge is 0.497 e. The van der Waals surface area contributed by atoms with Crippen LogP contribution in [0.15, 0.2) is 65.6 Å². The maximum Gasteiger partial charge on any atom is 0.321 e. The molecule has 1 aliphatic rings. The summed E-state index contributed by atoms with van der Waals surface area (Å²) in [5.74, 6) is 1.56. The molecule has 2 amide bonds. The van der Waals surface area contributed by atoms with Crippen molar-refractivity contribution in [2.45, 2.75) is 12.5 Å². The van der Waals surface area contributed by atoms with E-state index in [2.05, 4.69) is 14.9 Å². The smallest absolute Gasteiger partial charge is 0.321 e. The number of rotatable bonds is 4. The first-order chi connectivity index (χ1) is 14.7. The van der Waals surface area contributed by atoms with Gasteiger partial charge in [-0.1, -0.05) is 0 Å². The highest BCUT2D eigenvalue weighted by atomic mass is 16.5. The number of benzene rings is 1. The molecule has 1 aromatic carbocycles. The van der Waals surface area contributed by atoms with Crippen molar-refractivity contribution in [2.75, 3.05) is 25.5 Å². The Hall–Kier alpha value is -3.81. The van der Waals surface area contributed by atoms with Crippen LogP contribution < -0.4 is 10.1 Å². The standard InChI is InChI=1S/C22H21N5O3/c1-29-18-6-4-16(5-7-18)24-22(28)26-11-8-17(13-26)27-20(15-9-12-30-14-15)25-19-3-2-10-23-21(19)27/h2-7,9-10,12,14,17H,8,11,13H2,1H3,(H,24,28). The van der Waals surface area contributed by atoms with Gasteiger partial charge in [0.05, 0.1) is 25.0 Å². The molecule has 152 valence electrons. The Balaban J connectivity index is 1.38. The fourth-order valence-corrected chi connectivity index (χ4v) is 3.88. The molecule has 0 radical (unpaired) electrons. The summed E-state index contributed by atoms with van der Waals surface area (Å²) >= 11 is 0. The summed E-state index contributed by atoms with van der Waals surface area (Å²) in [6, 6.07) is 13.0. The summed E-state index contributed by atoms with van der Waals surface area (Å²) in [4.78, 5) is 23.9.